The predicted molar refractivity (Wildman–Crippen MR) is 150 cm³/mol. The third-order valence-corrected chi connectivity index (χ3v) is 7.09. The highest BCUT2D eigenvalue weighted by molar-refractivity contribution is 6.46. The lowest BCUT2D eigenvalue weighted by Crippen LogP contribution is -2.31. The quantitative estimate of drug-likeness (QED) is 0.230. The SMILES string of the molecule is COc1ccc(CCN2C(=O)C(=O)/C(=C(/O)c3cc(C(C)(C)C)ccc3OC)C2c2ccccc2OC)cc1. The summed E-state index contributed by atoms with van der Waals surface area (Å²) in [4.78, 5) is 28.6. The van der Waals surface area contributed by atoms with E-state index < -0.39 is 17.7 Å². The van der Waals surface area contributed by atoms with Gasteiger partial charge in [0.2, 0.25) is 0 Å². The molecule has 0 aromatic heterocycles. The Bertz CT molecular complexity index is 1400. The minimum atomic E-state index is -0.845. The summed E-state index contributed by atoms with van der Waals surface area (Å²) in [5, 5.41) is 11.7. The van der Waals surface area contributed by atoms with Gasteiger partial charge in [-0.25, -0.2) is 0 Å². The number of para-hydroxylation sites is 1. The van der Waals surface area contributed by atoms with E-state index in [9.17, 15) is 14.7 Å². The average molecular weight is 530 g/mol. The summed E-state index contributed by atoms with van der Waals surface area (Å²) < 4.78 is 16.4. The number of benzene rings is 3. The first kappa shape index (κ1) is 27.8. The van der Waals surface area contributed by atoms with E-state index in [1.165, 1.54) is 19.1 Å². The number of Topliss-reactive ketones (excluding diaryl/α,β-unsaturated/α-hetero) is 1. The van der Waals surface area contributed by atoms with Crippen LogP contribution in [0, 0.1) is 0 Å². The van der Waals surface area contributed by atoms with Crippen molar-refractivity contribution in [2.24, 2.45) is 0 Å². The normalized spacial score (nSPS) is 16.9. The molecule has 39 heavy (non-hydrogen) atoms. The first-order valence-electron chi connectivity index (χ1n) is 12.8. The van der Waals surface area contributed by atoms with Gasteiger partial charge in [-0.05, 0) is 53.3 Å². The highest BCUT2D eigenvalue weighted by atomic mass is 16.5. The van der Waals surface area contributed by atoms with Crippen LogP contribution in [0.4, 0.5) is 0 Å². The highest BCUT2D eigenvalue weighted by Crippen LogP contribution is 2.44. The van der Waals surface area contributed by atoms with Gasteiger partial charge in [0.05, 0.1) is 38.5 Å². The van der Waals surface area contributed by atoms with Crippen molar-refractivity contribution in [3.63, 3.8) is 0 Å². The molecule has 204 valence electrons. The van der Waals surface area contributed by atoms with Gasteiger partial charge in [0, 0.05) is 12.1 Å². The highest BCUT2D eigenvalue weighted by Gasteiger charge is 2.47. The van der Waals surface area contributed by atoms with Crippen molar-refractivity contribution in [2.75, 3.05) is 27.9 Å². The molecule has 1 amide bonds. The van der Waals surface area contributed by atoms with Crippen LogP contribution in [0.5, 0.6) is 17.2 Å². The number of methoxy groups -OCH3 is 3. The van der Waals surface area contributed by atoms with E-state index >= 15 is 0 Å². The van der Waals surface area contributed by atoms with Crippen LogP contribution >= 0.6 is 0 Å². The second-order valence-corrected chi connectivity index (χ2v) is 10.5. The Morgan fingerprint density at radius 1 is 0.872 bits per heavy atom. The van der Waals surface area contributed by atoms with E-state index in [-0.39, 0.29) is 23.3 Å². The Labute approximate surface area is 229 Å². The lowest BCUT2D eigenvalue weighted by molar-refractivity contribution is -0.139. The second kappa shape index (κ2) is 11.2. The lowest BCUT2D eigenvalue weighted by Gasteiger charge is -2.27. The Hall–Kier alpha value is -4.26. The molecule has 0 saturated carbocycles. The molecule has 3 aromatic rings. The summed E-state index contributed by atoms with van der Waals surface area (Å²) in [6.45, 7) is 6.44. The van der Waals surface area contributed by atoms with Gasteiger partial charge in [0.25, 0.3) is 11.7 Å². The van der Waals surface area contributed by atoms with Crippen molar-refractivity contribution < 1.29 is 28.9 Å². The molecule has 1 aliphatic heterocycles. The molecule has 3 aromatic carbocycles. The number of amides is 1. The zero-order valence-electron chi connectivity index (χ0n) is 23.3. The number of carbonyl (C=O) groups is 2. The Morgan fingerprint density at radius 3 is 2.15 bits per heavy atom. The van der Waals surface area contributed by atoms with Gasteiger partial charge >= 0.3 is 0 Å². The van der Waals surface area contributed by atoms with Crippen molar-refractivity contribution >= 4 is 17.4 Å². The molecule has 1 saturated heterocycles. The number of aliphatic hydroxyl groups excluding tert-OH is 1. The van der Waals surface area contributed by atoms with Crippen LogP contribution in [-0.4, -0.2) is 49.6 Å². The van der Waals surface area contributed by atoms with Crippen LogP contribution in [0.3, 0.4) is 0 Å². The van der Waals surface area contributed by atoms with Crippen molar-refractivity contribution in [3.8, 4) is 17.2 Å². The van der Waals surface area contributed by atoms with Gasteiger partial charge in [0.15, 0.2) is 0 Å². The van der Waals surface area contributed by atoms with Gasteiger partial charge in [-0.3, -0.25) is 9.59 Å². The first-order chi connectivity index (χ1) is 18.6. The Morgan fingerprint density at radius 2 is 1.54 bits per heavy atom. The molecular weight excluding hydrogens is 494 g/mol. The fraction of sp³-hybridized carbons (Fsp3) is 0.312. The van der Waals surface area contributed by atoms with Crippen molar-refractivity contribution in [1.29, 1.82) is 0 Å². The number of hydrogen-bond donors (Lipinski definition) is 1. The number of hydrogen-bond acceptors (Lipinski definition) is 6. The maximum Gasteiger partial charge on any atom is 0.295 e. The van der Waals surface area contributed by atoms with Crippen molar-refractivity contribution in [3.05, 3.63) is 94.6 Å². The van der Waals surface area contributed by atoms with E-state index in [0.717, 1.165) is 16.9 Å². The van der Waals surface area contributed by atoms with Gasteiger partial charge in [0.1, 0.15) is 23.0 Å². The van der Waals surface area contributed by atoms with Crippen molar-refractivity contribution in [2.45, 2.75) is 38.6 Å². The fourth-order valence-electron chi connectivity index (χ4n) is 4.87. The van der Waals surface area contributed by atoms with E-state index in [1.54, 1.807) is 19.2 Å². The first-order valence-corrected chi connectivity index (χ1v) is 12.8. The largest absolute Gasteiger partial charge is 0.507 e. The molecule has 0 radical (unpaired) electrons. The minimum Gasteiger partial charge on any atom is -0.507 e. The summed E-state index contributed by atoms with van der Waals surface area (Å²) in [5.41, 5.74) is 2.69. The van der Waals surface area contributed by atoms with Crippen molar-refractivity contribution in [1.82, 2.24) is 4.90 Å². The predicted octanol–water partition coefficient (Wildman–Crippen LogP) is 5.67. The summed E-state index contributed by atoms with van der Waals surface area (Å²) in [6.07, 6.45) is 0.505. The molecule has 0 spiro atoms. The van der Waals surface area contributed by atoms with Crippen LogP contribution in [0.1, 0.15) is 49.1 Å². The third kappa shape index (κ3) is 5.48. The van der Waals surface area contributed by atoms with Gasteiger partial charge in [-0.2, -0.15) is 0 Å². The number of aliphatic hydroxyl groups is 1. The molecule has 1 aliphatic rings. The standard InChI is InChI=1S/C32H35NO6/c1-32(2,3)21-13-16-26(39-6)24(19-21)29(34)27-28(23-9-7-8-10-25(23)38-5)33(31(36)30(27)35)18-17-20-11-14-22(37-4)15-12-20/h7-16,19,28,34H,17-18H2,1-6H3/b29-27+. The summed E-state index contributed by atoms with van der Waals surface area (Å²) in [6, 6.07) is 19.5. The third-order valence-electron chi connectivity index (χ3n) is 7.09. The summed E-state index contributed by atoms with van der Waals surface area (Å²) >= 11 is 0. The lowest BCUT2D eigenvalue weighted by atomic mass is 9.85. The van der Waals surface area contributed by atoms with E-state index in [4.69, 9.17) is 14.2 Å². The van der Waals surface area contributed by atoms with Gasteiger partial charge in [-0.15, -0.1) is 0 Å². The zero-order valence-corrected chi connectivity index (χ0v) is 23.3. The number of carbonyl (C=O) groups excluding carboxylic acids is 2. The van der Waals surface area contributed by atoms with E-state index in [1.807, 2.05) is 54.6 Å². The number of ketones is 1. The molecule has 0 bridgehead atoms. The number of ether oxygens (including phenoxy) is 3. The molecule has 1 fully saturated rings. The van der Waals surface area contributed by atoms with Crippen LogP contribution in [-0.2, 0) is 21.4 Å². The van der Waals surface area contributed by atoms with Gasteiger partial charge < -0.3 is 24.2 Å². The second-order valence-electron chi connectivity index (χ2n) is 10.5. The van der Waals surface area contributed by atoms with E-state index in [0.29, 0.717) is 29.0 Å². The molecule has 1 unspecified atom stereocenters. The summed E-state index contributed by atoms with van der Waals surface area (Å²) in [5.74, 6) is -0.0454. The molecule has 1 heterocycles. The topological polar surface area (TPSA) is 85.3 Å². The Kier molecular flexibility index (Phi) is 8.00. The molecule has 1 N–H and O–H groups in total. The van der Waals surface area contributed by atoms with Crippen LogP contribution < -0.4 is 14.2 Å². The number of nitrogens with zero attached hydrogens (tertiary/aromatic N) is 1. The molecule has 7 heteroatoms. The smallest absolute Gasteiger partial charge is 0.295 e. The average Bonchev–Trinajstić information content (AvgIpc) is 3.19. The summed E-state index contributed by atoms with van der Waals surface area (Å²) in [7, 11) is 4.65. The number of likely N-dealkylation sites (tertiary alicyclic amines) is 1. The fourth-order valence-corrected chi connectivity index (χ4v) is 4.87. The van der Waals surface area contributed by atoms with Gasteiger partial charge in [-0.1, -0.05) is 57.2 Å². The monoisotopic (exact) mass is 529 g/mol. The molecular formula is C32H35NO6. The Balaban J connectivity index is 1.86. The zero-order chi connectivity index (χ0) is 28.3. The maximum atomic E-state index is 13.6. The number of rotatable bonds is 8. The van der Waals surface area contributed by atoms with Crippen LogP contribution in [0.25, 0.3) is 5.76 Å². The maximum absolute atomic E-state index is 13.6. The minimum absolute atomic E-state index is 0.00332. The molecule has 0 aliphatic carbocycles. The molecule has 7 nitrogen and oxygen atoms in total. The van der Waals surface area contributed by atoms with E-state index in [2.05, 4.69) is 20.8 Å². The van der Waals surface area contributed by atoms with Crippen LogP contribution in [0.15, 0.2) is 72.3 Å². The molecule has 1 atom stereocenters. The molecule has 4 rings (SSSR count). The van der Waals surface area contributed by atoms with Crippen LogP contribution in [0.2, 0.25) is 0 Å².